The average Bonchev–Trinajstić information content (AvgIpc) is 2.25. The summed E-state index contributed by atoms with van der Waals surface area (Å²) in [6, 6.07) is 5.05. The number of benzene rings is 1. The summed E-state index contributed by atoms with van der Waals surface area (Å²) in [4.78, 5) is 0. The minimum atomic E-state index is -0.158. The van der Waals surface area contributed by atoms with E-state index >= 15 is 0 Å². The van der Waals surface area contributed by atoms with Crippen LogP contribution in [0, 0.1) is 5.82 Å². The van der Waals surface area contributed by atoms with Gasteiger partial charge >= 0.3 is 0 Å². The molecule has 76 valence electrons. The molecular weight excluding hydrogens is 177 g/mol. The van der Waals surface area contributed by atoms with Crippen LogP contribution in [0.3, 0.4) is 0 Å². The number of nitrogens with one attached hydrogen (secondary N) is 1. The van der Waals surface area contributed by atoms with Crippen LogP contribution in [0.4, 0.5) is 10.1 Å². The first-order valence-corrected chi connectivity index (χ1v) is 5.13. The first-order chi connectivity index (χ1) is 6.59. The highest BCUT2D eigenvalue weighted by Gasteiger charge is 2.25. The predicted molar refractivity (Wildman–Crippen MR) is 57.1 cm³/mol. The molecule has 0 radical (unpaired) electrons. The van der Waals surface area contributed by atoms with Crippen molar-refractivity contribution in [2.24, 2.45) is 0 Å². The minimum Gasteiger partial charge on any atom is -0.385 e. The van der Waals surface area contributed by atoms with E-state index in [1.54, 1.807) is 12.1 Å². The Morgan fingerprint density at radius 1 is 1.36 bits per heavy atom. The normalized spacial score (nSPS) is 19.4. The summed E-state index contributed by atoms with van der Waals surface area (Å²) in [5, 5.41) is 3.28. The average molecular weight is 193 g/mol. The molecule has 1 heterocycles. The van der Waals surface area contributed by atoms with E-state index in [1.165, 1.54) is 5.56 Å². The Kier molecular flexibility index (Phi) is 2.22. The fourth-order valence-electron chi connectivity index (χ4n) is 2.14. The van der Waals surface area contributed by atoms with Gasteiger partial charge in [0.15, 0.2) is 0 Å². The van der Waals surface area contributed by atoms with Gasteiger partial charge in [-0.25, -0.2) is 4.39 Å². The van der Waals surface area contributed by atoms with Crippen molar-refractivity contribution >= 4 is 5.69 Å². The zero-order valence-corrected chi connectivity index (χ0v) is 8.73. The number of rotatable bonds is 0. The third kappa shape index (κ3) is 1.61. The Balaban J connectivity index is 2.50. The lowest BCUT2D eigenvalue weighted by molar-refractivity contribution is 0.478. The zero-order valence-electron chi connectivity index (χ0n) is 8.73. The highest BCUT2D eigenvalue weighted by molar-refractivity contribution is 5.55. The second-order valence-electron chi connectivity index (χ2n) is 4.60. The molecule has 0 aromatic heterocycles. The van der Waals surface area contributed by atoms with Crippen molar-refractivity contribution in [3.63, 3.8) is 0 Å². The van der Waals surface area contributed by atoms with E-state index < -0.39 is 0 Å². The van der Waals surface area contributed by atoms with Crippen molar-refractivity contribution in [3.05, 3.63) is 29.6 Å². The molecule has 0 saturated carbocycles. The van der Waals surface area contributed by atoms with Gasteiger partial charge in [0, 0.05) is 12.2 Å². The fourth-order valence-corrected chi connectivity index (χ4v) is 2.14. The maximum Gasteiger partial charge on any atom is 0.125 e. The van der Waals surface area contributed by atoms with Gasteiger partial charge < -0.3 is 5.32 Å². The van der Waals surface area contributed by atoms with Gasteiger partial charge in [-0.05, 0) is 36.0 Å². The van der Waals surface area contributed by atoms with E-state index in [4.69, 9.17) is 0 Å². The van der Waals surface area contributed by atoms with Crippen LogP contribution in [0.2, 0.25) is 0 Å². The maximum absolute atomic E-state index is 13.0. The second-order valence-corrected chi connectivity index (χ2v) is 4.60. The molecule has 0 bridgehead atoms. The highest BCUT2D eigenvalue weighted by Crippen LogP contribution is 2.36. The lowest BCUT2D eigenvalue weighted by atomic mass is 9.80. The molecule has 1 aliphatic rings. The number of hydrogen-bond donors (Lipinski definition) is 1. The van der Waals surface area contributed by atoms with Crippen molar-refractivity contribution in [2.75, 3.05) is 11.9 Å². The molecule has 2 heteroatoms. The second kappa shape index (κ2) is 3.26. The van der Waals surface area contributed by atoms with Gasteiger partial charge in [-0.1, -0.05) is 19.9 Å². The summed E-state index contributed by atoms with van der Waals surface area (Å²) in [6.45, 7) is 5.38. The number of hydrogen-bond acceptors (Lipinski definition) is 1. The standard InChI is InChI=1S/C12H16FN/c1-12(2)6-3-7-14-11-8-9(13)4-5-10(11)12/h4-5,8,14H,3,6-7H2,1-2H3. The minimum absolute atomic E-state index is 0.158. The summed E-state index contributed by atoms with van der Waals surface area (Å²) >= 11 is 0. The molecule has 0 saturated heterocycles. The lowest BCUT2D eigenvalue weighted by Gasteiger charge is -2.24. The molecular formula is C12H16FN. The number of halogens is 1. The molecule has 0 spiro atoms. The Labute approximate surface area is 84.3 Å². The number of anilines is 1. The van der Waals surface area contributed by atoms with Crippen molar-refractivity contribution in [1.82, 2.24) is 0 Å². The molecule has 1 aromatic carbocycles. The van der Waals surface area contributed by atoms with Crippen molar-refractivity contribution in [3.8, 4) is 0 Å². The van der Waals surface area contributed by atoms with E-state index in [1.807, 2.05) is 6.07 Å². The molecule has 0 aliphatic carbocycles. The molecule has 1 nitrogen and oxygen atoms in total. The molecule has 0 atom stereocenters. The van der Waals surface area contributed by atoms with Gasteiger partial charge in [0.2, 0.25) is 0 Å². The van der Waals surface area contributed by atoms with Gasteiger partial charge in [-0.3, -0.25) is 0 Å². The summed E-state index contributed by atoms with van der Waals surface area (Å²) in [5.41, 5.74) is 2.36. The molecule has 2 rings (SSSR count). The zero-order chi connectivity index (χ0) is 10.2. The van der Waals surface area contributed by atoms with Crippen LogP contribution in [0.25, 0.3) is 0 Å². The number of fused-ring (bicyclic) bond motifs is 1. The van der Waals surface area contributed by atoms with Crippen molar-refractivity contribution < 1.29 is 4.39 Å². The first-order valence-electron chi connectivity index (χ1n) is 5.13. The maximum atomic E-state index is 13.0. The fraction of sp³-hybridized carbons (Fsp3) is 0.500. The molecule has 1 aliphatic heterocycles. The largest absolute Gasteiger partial charge is 0.385 e. The molecule has 1 N–H and O–H groups in total. The van der Waals surface area contributed by atoms with Gasteiger partial charge in [-0.2, -0.15) is 0 Å². The summed E-state index contributed by atoms with van der Waals surface area (Å²) in [7, 11) is 0. The van der Waals surface area contributed by atoms with Crippen molar-refractivity contribution in [2.45, 2.75) is 32.1 Å². The van der Waals surface area contributed by atoms with Crippen LogP contribution < -0.4 is 5.32 Å². The topological polar surface area (TPSA) is 12.0 Å². The summed E-state index contributed by atoms with van der Waals surface area (Å²) in [6.07, 6.45) is 2.29. The van der Waals surface area contributed by atoms with E-state index in [0.717, 1.165) is 25.1 Å². The van der Waals surface area contributed by atoms with E-state index in [-0.39, 0.29) is 11.2 Å². The third-order valence-corrected chi connectivity index (χ3v) is 3.00. The van der Waals surface area contributed by atoms with E-state index in [9.17, 15) is 4.39 Å². The summed E-state index contributed by atoms with van der Waals surface area (Å²) < 4.78 is 13.0. The Morgan fingerprint density at radius 3 is 2.93 bits per heavy atom. The smallest absolute Gasteiger partial charge is 0.125 e. The highest BCUT2D eigenvalue weighted by atomic mass is 19.1. The molecule has 1 aromatic rings. The SMILES string of the molecule is CC1(C)CCCNc2cc(F)ccc21. The predicted octanol–water partition coefficient (Wildman–Crippen LogP) is 3.31. The van der Waals surface area contributed by atoms with Crippen LogP contribution in [0.5, 0.6) is 0 Å². The lowest BCUT2D eigenvalue weighted by Crippen LogP contribution is -2.16. The molecule has 0 amide bonds. The van der Waals surface area contributed by atoms with Crippen LogP contribution in [-0.4, -0.2) is 6.54 Å². The van der Waals surface area contributed by atoms with Crippen LogP contribution in [-0.2, 0) is 5.41 Å². The molecule has 0 unspecified atom stereocenters. The van der Waals surface area contributed by atoms with Gasteiger partial charge in [0.05, 0.1) is 0 Å². The van der Waals surface area contributed by atoms with Crippen LogP contribution >= 0.6 is 0 Å². The van der Waals surface area contributed by atoms with E-state index in [2.05, 4.69) is 19.2 Å². The van der Waals surface area contributed by atoms with Crippen LogP contribution in [0.15, 0.2) is 18.2 Å². The monoisotopic (exact) mass is 193 g/mol. The summed E-state index contributed by atoms with van der Waals surface area (Å²) in [5.74, 6) is -0.158. The van der Waals surface area contributed by atoms with Crippen molar-refractivity contribution in [1.29, 1.82) is 0 Å². The van der Waals surface area contributed by atoms with E-state index in [0.29, 0.717) is 0 Å². The third-order valence-electron chi connectivity index (χ3n) is 3.00. The first kappa shape index (κ1) is 9.50. The Hall–Kier alpha value is -1.05. The van der Waals surface area contributed by atoms with Crippen LogP contribution in [0.1, 0.15) is 32.3 Å². The van der Waals surface area contributed by atoms with Gasteiger partial charge in [-0.15, -0.1) is 0 Å². The van der Waals surface area contributed by atoms with Gasteiger partial charge in [0.25, 0.3) is 0 Å². The molecule has 14 heavy (non-hydrogen) atoms. The Morgan fingerprint density at radius 2 is 2.14 bits per heavy atom. The quantitative estimate of drug-likeness (QED) is 0.666. The Bertz CT molecular complexity index is 344. The molecule has 0 fully saturated rings. The van der Waals surface area contributed by atoms with Gasteiger partial charge in [0.1, 0.15) is 5.82 Å².